The highest BCUT2D eigenvalue weighted by Gasteiger charge is 2.07. The van der Waals surface area contributed by atoms with E-state index in [2.05, 4.69) is 4.98 Å². The van der Waals surface area contributed by atoms with Crippen molar-refractivity contribution in [3.05, 3.63) is 41.6 Å². The lowest BCUT2D eigenvalue weighted by atomic mass is 10.1. The summed E-state index contributed by atoms with van der Waals surface area (Å²) >= 11 is 0. The number of carbonyl (C=O) groups excluding carboxylic acids is 1. The van der Waals surface area contributed by atoms with Gasteiger partial charge in [0.15, 0.2) is 5.82 Å². The van der Waals surface area contributed by atoms with Gasteiger partial charge in [-0.2, -0.15) is 0 Å². The molecule has 82 valence electrons. The summed E-state index contributed by atoms with van der Waals surface area (Å²) in [5.41, 5.74) is 0.589. The molecule has 0 aliphatic heterocycles. The van der Waals surface area contributed by atoms with Gasteiger partial charge in [-0.1, -0.05) is 6.07 Å². The quantitative estimate of drug-likeness (QED) is 0.780. The molecule has 2 nitrogen and oxygen atoms in total. The number of pyridine rings is 1. The average Bonchev–Trinajstić information content (AvgIpc) is 2.18. The molecule has 0 N–H and O–H groups in total. The second-order valence-electron chi connectivity index (χ2n) is 3.64. The highest BCUT2D eigenvalue weighted by atomic mass is 19.1. The number of carbonyl (C=O) groups is 1. The summed E-state index contributed by atoms with van der Waals surface area (Å²) in [6.45, 7) is 1.44. The van der Waals surface area contributed by atoms with E-state index >= 15 is 0 Å². The van der Waals surface area contributed by atoms with Crippen molar-refractivity contribution >= 4 is 16.7 Å². The van der Waals surface area contributed by atoms with Crippen LogP contribution in [-0.4, -0.2) is 10.8 Å². The first-order chi connectivity index (χ1) is 7.56. The van der Waals surface area contributed by atoms with E-state index in [9.17, 15) is 13.6 Å². The number of rotatable bonds is 2. The van der Waals surface area contributed by atoms with Gasteiger partial charge in [0.05, 0.1) is 0 Å². The molecule has 0 spiro atoms. The van der Waals surface area contributed by atoms with Crippen molar-refractivity contribution in [3.63, 3.8) is 0 Å². The average molecular weight is 221 g/mol. The van der Waals surface area contributed by atoms with Gasteiger partial charge < -0.3 is 0 Å². The topological polar surface area (TPSA) is 30.0 Å². The highest BCUT2D eigenvalue weighted by Crippen LogP contribution is 2.18. The fraction of sp³-hybridized carbons (Fsp3) is 0.167. The van der Waals surface area contributed by atoms with Crippen LogP contribution in [0.2, 0.25) is 0 Å². The maximum atomic E-state index is 13.4. The molecule has 2 rings (SSSR count). The van der Waals surface area contributed by atoms with Crippen molar-refractivity contribution in [3.8, 4) is 0 Å². The van der Waals surface area contributed by atoms with Crippen LogP contribution < -0.4 is 0 Å². The Hall–Kier alpha value is -1.84. The summed E-state index contributed by atoms with van der Waals surface area (Å²) in [5.74, 6) is -1.39. The molecule has 0 saturated heterocycles. The Balaban J connectivity index is 2.57. The fourth-order valence-electron chi connectivity index (χ4n) is 1.55. The van der Waals surface area contributed by atoms with E-state index in [4.69, 9.17) is 0 Å². The number of hydrogen-bond donors (Lipinski definition) is 0. The van der Waals surface area contributed by atoms with Gasteiger partial charge >= 0.3 is 0 Å². The Morgan fingerprint density at radius 2 is 2.06 bits per heavy atom. The van der Waals surface area contributed by atoms with Crippen LogP contribution in [0.3, 0.4) is 0 Å². The van der Waals surface area contributed by atoms with Crippen molar-refractivity contribution in [1.82, 2.24) is 4.98 Å². The zero-order valence-corrected chi connectivity index (χ0v) is 8.63. The molecule has 16 heavy (non-hydrogen) atoms. The number of nitrogens with zero attached hydrogens (tertiary/aromatic N) is 1. The molecule has 2 aromatic rings. The van der Waals surface area contributed by atoms with Crippen molar-refractivity contribution in [2.75, 3.05) is 0 Å². The van der Waals surface area contributed by atoms with E-state index in [-0.39, 0.29) is 17.7 Å². The van der Waals surface area contributed by atoms with E-state index in [1.165, 1.54) is 13.0 Å². The Kier molecular flexibility index (Phi) is 2.64. The number of halogens is 2. The van der Waals surface area contributed by atoms with Crippen LogP contribution in [0.5, 0.6) is 0 Å². The molecule has 1 aromatic carbocycles. The molecular weight excluding hydrogens is 212 g/mol. The van der Waals surface area contributed by atoms with Gasteiger partial charge in [0.25, 0.3) is 0 Å². The van der Waals surface area contributed by atoms with E-state index in [1.807, 2.05) is 0 Å². The molecule has 0 unspecified atom stereocenters. The molecule has 0 aliphatic rings. The second-order valence-corrected chi connectivity index (χ2v) is 3.64. The van der Waals surface area contributed by atoms with Gasteiger partial charge in [0.1, 0.15) is 17.1 Å². The zero-order valence-electron chi connectivity index (χ0n) is 8.63. The maximum Gasteiger partial charge on any atom is 0.152 e. The Morgan fingerprint density at radius 3 is 2.75 bits per heavy atom. The summed E-state index contributed by atoms with van der Waals surface area (Å²) in [7, 11) is 0. The third-order valence-corrected chi connectivity index (χ3v) is 2.20. The second kappa shape index (κ2) is 3.96. The first kappa shape index (κ1) is 10.7. The smallest absolute Gasteiger partial charge is 0.152 e. The monoisotopic (exact) mass is 221 g/mol. The van der Waals surface area contributed by atoms with Crippen molar-refractivity contribution in [2.45, 2.75) is 13.3 Å². The minimum Gasteiger partial charge on any atom is -0.300 e. The van der Waals surface area contributed by atoms with E-state index in [0.29, 0.717) is 11.1 Å². The third kappa shape index (κ3) is 2.05. The molecule has 1 heterocycles. The third-order valence-electron chi connectivity index (χ3n) is 2.20. The lowest BCUT2D eigenvalue weighted by Crippen LogP contribution is -2.00. The predicted molar refractivity (Wildman–Crippen MR) is 56.0 cm³/mol. The predicted octanol–water partition coefficient (Wildman–Crippen LogP) is 2.64. The van der Waals surface area contributed by atoms with Crippen molar-refractivity contribution in [1.29, 1.82) is 0 Å². The molecule has 0 fully saturated rings. The van der Waals surface area contributed by atoms with Gasteiger partial charge in [0.2, 0.25) is 0 Å². The molecular formula is C12H9F2NO. The fourth-order valence-corrected chi connectivity index (χ4v) is 1.55. The van der Waals surface area contributed by atoms with Crippen molar-refractivity contribution < 1.29 is 13.6 Å². The summed E-state index contributed by atoms with van der Waals surface area (Å²) in [6, 6.07) is 5.16. The van der Waals surface area contributed by atoms with Crippen LogP contribution in [0, 0.1) is 11.6 Å². The minimum atomic E-state index is -0.708. The Labute approximate surface area is 90.9 Å². The Bertz CT molecular complexity index is 566. The van der Waals surface area contributed by atoms with Gasteiger partial charge in [0, 0.05) is 23.6 Å². The van der Waals surface area contributed by atoms with Gasteiger partial charge in [-0.15, -0.1) is 0 Å². The number of benzene rings is 1. The van der Waals surface area contributed by atoms with E-state index in [1.54, 1.807) is 12.1 Å². The Morgan fingerprint density at radius 1 is 1.31 bits per heavy atom. The SMILES string of the molecule is CC(=O)Cc1ccc2cc(F)cc(F)c2n1. The number of hydrogen-bond acceptors (Lipinski definition) is 2. The highest BCUT2D eigenvalue weighted by molar-refractivity contribution is 5.81. The molecule has 1 aromatic heterocycles. The van der Waals surface area contributed by atoms with Crippen LogP contribution in [0.25, 0.3) is 10.9 Å². The standard InChI is InChI=1S/C12H9F2NO/c1-7(16)4-10-3-2-8-5-9(13)6-11(14)12(8)15-10/h2-3,5-6H,4H2,1H3. The lowest BCUT2D eigenvalue weighted by molar-refractivity contribution is -0.116. The first-order valence-electron chi connectivity index (χ1n) is 4.80. The maximum absolute atomic E-state index is 13.4. The van der Waals surface area contributed by atoms with Gasteiger partial charge in [-0.3, -0.25) is 4.79 Å². The molecule has 0 bridgehead atoms. The normalized spacial score (nSPS) is 10.7. The molecule has 4 heteroatoms. The first-order valence-corrected chi connectivity index (χ1v) is 4.80. The van der Waals surface area contributed by atoms with Gasteiger partial charge in [-0.25, -0.2) is 13.8 Å². The molecule has 0 atom stereocenters. The number of aromatic nitrogens is 1. The zero-order chi connectivity index (χ0) is 11.7. The van der Waals surface area contributed by atoms with Crippen LogP contribution in [0.4, 0.5) is 8.78 Å². The number of Topliss-reactive ketones (excluding diaryl/α,β-unsaturated/α-hetero) is 1. The van der Waals surface area contributed by atoms with Crippen molar-refractivity contribution in [2.24, 2.45) is 0 Å². The lowest BCUT2D eigenvalue weighted by Gasteiger charge is -2.02. The van der Waals surface area contributed by atoms with Crippen LogP contribution >= 0.6 is 0 Å². The largest absolute Gasteiger partial charge is 0.300 e. The summed E-state index contributed by atoms with van der Waals surface area (Å²) in [5, 5.41) is 0.393. The van der Waals surface area contributed by atoms with Gasteiger partial charge in [-0.05, 0) is 19.1 Å². The van der Waals surface area contributed by atoms with E-state index < -0.39 is 11.6 Å². The molecule has 0 amide bonds. The summed E-state index contributed by atoms with van der Waals surface area (Å²) in [4.78, 5) is 14.9. The van der Waals surface area contributed by atoms with E-state index in [0.717, 1.165) is 6.07 Å². The summed E-state index contributed by atoms with van der Waals surface area (Å²) in [6.07, 6.45) is 0.159. The number of fused-ring (bicyclic) bond motifs is 1. The number of ketones is 1. The van der Waals surface area contributed by atoms with Crippen LogP contribution in [0.15, 0.2) is 24.3 Å². The van der Waals surface area contributed by atoms with Crippen LogP contribution in [0.1, 0.15) is 12.6 Å². The van der Waals surface area contributed by atoms with Crippen LogP contribution in [-0.2, 0) is 11.2 Å². The molecule has 0 aliphatic carbocycles. The molecule has 0 radical (unpaired) electrons. The molecule has 0 saturated carbocycles. The minimum absolute atomic E-state index is 0.0469. The summed E-state index contributed by atoms with van der Waals surface area (Å²) < 4.78 is 26.3.